The molecule has 0 fully saturated rings. The zero-order chi connectivity index (χ0) is 13.2. The molecule has 0 heterocycles. The van der Waals surface area contributed by atoms with Crippen LogP contribution in [0.2, 0.25) is 0 Å². The molecule has 0 unspecified atom stereocenters. The zero-order valence-corrected chi connectivity index (χ0v) is 10.8. The second-order valence-electron chi connectivity index (χ2n) is 3.57. The van der Waals surface area contributed by atoms with E-state index >= 15 is 0 Å². The van der Waals surface area contributed by atoms with Gasteiger partial charge in [0.15, 0.2) is 0 Å². The number of nitrogens with zero attached hydrogens (tertiary/aromatic N) is 1. The lowest BCUT2D eigenvalue weighted by molar-refractivity contribution is -0.119. The number of nitrogens with one attached hydrogen (secondary N) is 2. The third-order valence-electron chi connectivity index (χ3n) is 2.08. The van der Waals surface area contributed by atoms with Crippen LogP contribution in [-0.4, -0.2) is 25.3 Å². The second-order valence-corrected chi connectivity index (χ2v) is 3.57. The van der Waals surface area contributed by atoms with E-state index in [0.717, 1.165) is 17.9 Å². The lowest BCUT2D eigenvalue weighted by atomic mass is 10.3. The van der Waals surface area contributed by atoms with Gasteiger partial charge in [-0.2, -0.15) is 5.10 Å². The summed E-state index contributed by atoms with van der Waals surface area (Å²) >= 11 is 0. The molecule has 0 radical (unpaired) electrons. The Bertz CT molecular complexity index is 388. The minimum atomic E-state index is -0.173. The number of carbonyl (C=O) groups excluding carboxylic acids is 1. The smallest absolute Gasteiger partial charge is 0.259 e. The quantitative estimate of drug-likeness (QED) is 0.574. The van der Waals surface area contributed by atoms with Crippen molar-refractivity contribution in [3.05, 3.63) is 24.3 Å². The summed E-state index contributed by atoms with van der Waals surface area (Å²) < 4.78 is 5.33. The fourth-order valence-electron chi connectivity index (χ4n) is 1.27. The maximum Gasteiger partial charge on any atom is 0.259 e. The van der Waals surface area contributed by atoms with E-state index in [1.165, 1.54) is 0 Å². The summed E-state index contributed by atoms with van der Waals surface area (Å²) in [5.74, 6) is 0.647. The number of hydrogen-bond acceptors (Lipinski definition) is 4. The van der Waals surface area contributed by atoms with E-state index in [0.29, 0.717) is 6.61 Å². The molecular weight excluding hydrogens is 230 g/mol. The Labute approximate surface area is 107 Å². The van der Waals surface area contributed by atoms with Crippen molar-refractivity contribution in [2.24, 2.45) is 5.10 Å². The zero-order valence-electron chi connectivity index (χ0n) is 10.8. The van der Waals surface area contributed by atoms with Crippen molar-refractivity contribution in [3.63, 3.8) is 0 Å². The summed E-state index contributed by atoms with van der Waals surface area (Å²) in [5.41, 5.74) is 3.30. The first-order valence-electron chi connectivity index (χ1n) is 6.03. The van der Waals surface area contributed by atoms with Crippen LogP contribution in [0, 0.1) is 0 Å². The van der Waals surface area contributed by atoms with E-state index in [9.17, 15) is 4.79 Å². The summed E-state index contributed by atoms with van der Waals surface area (Å²) in [5, 5.41) is 6.76. The Morgan fingerprint density at radius 3 is 2.67 bits per heavy atom. The third kappa shape index (κ3) is 5.34. The summed E-state index contributed by atoms with van der Waals surface area (Å²) in [4.78, 5) is 11.3. The van der Waals surface area contributed by atoms with Gasteiger partial charge >= 0.3 is 0 Å². The van der Waals surface area contributed by atoms with Crippen LogP contribution in [0.15, 0.2) is 29.4 Å². The Morgan fingerprint density at radius 1 is 1.33 bits per heavy atom. The van der Waals surface area contributed by atoms with Crippen molar-refractivity contribution in [2.75, 3.05) is 18.5 Å². The van der Waals surface area contributed by atoms with Gasteiger partial charge in [-0.25, -0.2) is 5.43 Å². The fourth-order valence-corrected chi connectivity index (χ4v) is 1.27. The largest absolute Gasteiger partial charge is 0.494 e. The molecule has 0 atom stereocenters. The van der Waals surface area contributed by atoms with Crippen molar-refractivity contribution >= 4 is 17.8 Å². The van der Waals surface area contributed by atoms with Gasteiger partial charge in [-0.05, 0) is 37.6 Å². The molecule has 0 spiro atoms. The highest BCUT2D eigenvalue weighted by Crippen LogP contribution is 2.15. The first kappa shape index (κ1) is 14.0. The van der Waals surface area contributed by atoms with Gasteiger partial charge in [0.25, 0.3) is 5.91 Å². The van der Waals surface area contributed by atoms with Crippen molar-refractivity contribution in [3.8, 4) is 5.75 Å². The van der Waals surface area contributed by atoms with E-state index in [-0.39, 0.29) is 12.5 Å². The monoisotopic (exact) mass is 249 g/mol. The van der Waals surface area contributed by atoms with Crippen LogP contribution in [0.3, 0.4) is 0 Å². The standard InChI is InChI=1S/C13H19N3O2/c1-3-9-15-16-13(17)10-14-11-5-7-12(8-6-11)18-4-2/h5-9,14H,3-4,10H2,1-2H3,(H,16,17). The summed E-state index contributed by atoms with van der Waals surface area (Å²) in [6.45, 7) is 4.72. The van der Waals surface area contributed by atoms with Crippen LogP contribution in [-0.2, 0) is 4.79 Å². The molecular formula is C13H19N3O2. The van der Waals surface area contributed by atoms with Gasteiger partial charge in [0.2, 0.25) is 0 Å². The van der Waals surface area contributed by atoms with Crippen molar-refractivity contribution in [1.82, 2.24) is 5.43 Å². The van der Waals surface area contributed by atoms with Crippen molar-refractivity contribution in [2.45, 2.75) is 20.3 Å². The second kappa shape index (κ2) is 8.11. The Hall–Kier alpha value is -2.04. The molecule has 0 saturated carbocycles. The Balaban J connectivity index is 2.34. The van der Waals surface area contributed by atoms with Crippen LogP contribution in [0.4, 0.5) is 5.69 Å². The number of hydrazone groups is 1. The molecule has 0 saturated heterocycles. The van der Waals surface area contributed by atoms with Crippen LogP contribution in [0.25, 0.3) is 0 Å². The Kier molecular flexibility index (Phi) is 6.32. The summed E-state index contributed by atoms with van der Waals surface area (Å²) in [6, 6.07) is 7.46. The van der Waals surface area contributed by atoms with Gasteiger partial charge in [0.05, 0.1) is 13.2 Å². The number of hydrogen-bond donors (Lipinski definition) is 2. The van der Waals surface area contributed by atoms with E-state index in [4.69, 9.17) is 4.74 Å². The first-order chi connectivity index (χ1) is 8.76. The topological polar surface area (TPSA) is 62.7 Å². The maximum absolute atomic E-state index is 11.3. The van der Waals surface area contributed by atoms with Gasteiger partial charge < -0.3 is 10.1 Å². The molecule has 1 rings (SSSR count). The molecule has 1 aromatic rings. The number of benzene rings is 1. The number of ether oxygens (including phenoxy) is 1. The number of rotatable bonds is 7. The fraction of sp³-hybridized carbons (Fsp3) is 0.385. The number of carbonyl (C=O) groups is 1. The molecule has 98 valence electrons. The first-order valence-corrected chi connectivity index (χ1v) is 6.03. The molecule has 0 aliphatic carbocycles. The van der Waals surface area contributed by atoms with Crippen LogP contribution >= 0.6 is 0 Å². The minimum absolute atomic E-state index is 0.173. The van der Waals surface area contributed by atoms with Gasteiger partial charge in [0, 0.05) is 11.9 Å². The molecule has 1 aromatic carbocycles. The average molecular weight is 249 g/mol. The highest BCUT2D eigenvalue weighted by atomic mass is 16.5. The molecule has 5 heteroatoms. The van der Waals surface area contributed by atoms with Crippen LogP contribution in [0.5, 0.6) is 5.75 Å². The number of anilines is 1. The third-order valence-corrected chi connectivity index (χ3v) is 2.08. The van der Waals surface area contributed by atoms with Gasteiger partial charge in [-0.1, -0.05) is 6.92 Å². The number of amides is 1. The summed E-state index contributed by atoms with van der Waals surface area (Å²) in [7, 11) is 0. The van der Waals surface area contributed by atoms with Crippen LogP contribution in [0.1, 0.15) is 20.3 Å². The predicted molar refractivity (Wildman–Crippen MR) is 73.0 cm³/mol. The Morgan fingerprint density at radius 2 is 2.06 bits per heavy atom. The lowest BCUT2D eigenvalue weighted by Crippen LogP contribution is -2.25. The normalized spacial score (nSPS) is 10.3. The molecule has 0 aliphatic rings. The molecule has 1 amide bonds. The molecule has 0 aromatic heterocycles. The highest BCUT2D eigenvalue weighted by Gasteiger charge is 1.99. The molecule has 5 nitrogen and oxygen atoms in total. The van der Waals surface area contributed by atoms with Gasteiger partial charge in [-0.15, -0.1) is 0 Å². The minimum Gasteiger partial charge on any atom is -0.494 e. The molecule has 18 heavy (non-hydrogen) atoms. The highest BCUT2D eigenvalue weighted by molar-refractivity contribution is 5.81. The lowest BCUT2D eigenvalue weighted by Gasteiger charge is -2.07. The van der Waals surface area contributed by atoms with Gasteiger partial charge in [0.1, 0.15) is 5.75 Å². The molecule has 2 N–H and O–H groups in total. The van der Waals surface area contributed by atoms with E-state index in [2.05, 4.69) is 15.8 Å². The van der Waals surface area contributed by atoms with Gasteiger partial charge in [-0.3, -0.25) is 4.79 Å². The maximum atomic E-state index is 11.3. The van der Waals surface area contributed by atoms with E-state index in [1.807, 2.05) is 38.1 Å². The SMILES string of the molecule is CCC=NNC(=O)CNc1ccc(OCC)cc1. The molecule has 0 aliphatic heterocycles. The average Bonchev–Trinajstić information content (AvgIpc) is 2.39. The van der Waals surface area contributed by atoms with Crippen molar-refractivity contribution < 1.29 is 9.53 Å². The van der Waals surface area contributed by atoms with Crippen molar-refractivity contribution in [1.29, 1.82) is 0 Å². The van der Waals surface area contributed by atoms with E-state index in [1.54, 1.807) is 6.21 Å². The summed E-state index contributed by atoms with van der Waals surface area (Å²) in [6.07, 6.45) is 2.45. The molecule has 0 bridgehead atoms. The van der Waals surface area contributed by atoms with E-state index < -0.39 is 0 Å². The predicted octanol–water partition coefficient (Wildman–Crippen LogP) is 2.01. The van der Waals surface area contributed by atoms with Crippen LogP contribution < -0.4 is 15.5 Å².